The standard InChI is InChI=1S/C14H19N3O2S/c15-8-5-12-6-9-17(10-7-12)20(18,19)14-3-1-13(11-16)2-4-14/h1-4,12H,5-10,15H2. The molecule has 1 heterocycles. The Bertz CT molecular complexity index is 582. The van der Waals surface area contributed by atoms with Crippen molar-refractivity contribution in [3.8, 4) is 6.07 Å². The first-order valence-corrected chi connectivity index (χ1v) is 8.22. The second-order valence-corrected chi connectivity index (χ2v) is 7.00. The summed E-state index contributed by atoms with van der Waals surface area (Å²) < 4.78 is 26.5. The van der Waals surface area contributed by atoms with Gasteiger partial charge in [-0.2, -0.15) is 9.57 Å². The van der Waals surface area contributed by atoms with Gasteiger partial charge in [0, 0.05) is 13.1 Å². The fraction of sp³-hybridized carbons (Fsp3) is 0.500. The van der Waals surface area contributed by atoms with E-state index < -0.39 is 10.0 Å². The second kappa shape index (κ2) is 6.35. The van der Waals surface area contributed by atoms with Gasteiger partial charge in [-0.25, -0.2) is 8.42 Å². The maximum atomic E-state index is 12.5. The molecular formula is C14H19N3O2S. The SMILES string of the molecule is N#Cc1ccc(S(=O)(=O)N2CCC(CCN)CC2)cc1. The molecule has 0 aliphatic carbocycles. The first-order chi connectivity index (χ1) is 9.57. The van der Waals surface area contributed by atoms with Gasteiger partial charge in [-0.1, -0.05) is 0 Å². The summed E-state index contributed by atoms with van der Waals surface area (Å²) in [5, 5.41) is 8.74. The summed E-state index contributed by atoms with van der Waals surface area (Å²) in [6, 6.07) is 8.06. The molecular weight excluding hydrogens is 274 g/mol. The number of hydrogen-bond donors (Lipinski definition) is 1. The number of piperidine rings is 1. The second-order valence-electron chi connectivity index (χ2n) is 5.06. The lowest BCUT2D eigenvalue weighted by atomic mass is 9.95. The van der Waals surface area contributed by atoms with Crippen LogP contribution < -0.4 is 5.73 Å². The van der Waals surface area contributed by atoms with Gasteiger partial charge in [0.25, 0.3) is 0 Å². The van der Waals surface area contributed by atoms with E-state index in [0.717, 1.165) is 19.3 Å². The molecule has 0 radical (unpaired) electrons. The van der Waals surface area contributed by atoms with Crippen molar-refractivity contribution in [1.82, 2.24) is 4.31 Å². The van der Waals surface area contributed by atoms with E-state index in [1.807, 2.05) is 6.07 Å². The van der Waals surface area contributed by atoms with Crippen LogP contribution in [-0.4, -0.2) is 32.4 Å². The van der Waals surface area contributed by atoms with Crippen molar-refractivity contribution >= 4 is 10.0 Å². The van der Waals surface area contributed by atoms with Gasteiger partial charge in [-0.05, 0) is 56.0 Å². The van der Waals surface area contributed by atoms with Gasteiger partial charge in [-0.3, -0.25) is 0 Å². The van der Waals surface area contributed by atoms with Crippen LogP contribution in [0.3, 0.4) is 0 Å². The molecule has 2 rings (SSSR count). The summed E-state index contributed by atoms with van der Waals surface area (Å²) in [6.07, 6.45) is 2.70. The maximum absolute atomic E-state index is 12.5. The predicted octanol–water partition coefficient (Wildman–Crippen LogP) is 1.31. The van der Waals surface area contributed by atoms with Crippen LogP contribution in [-0.2, 0) is 10.0 Å². The first kappa shape index (κ1) is 15.0. The smallest absolute Gasteiger partial charge is 0.243 e. The van der Waals surface area contributed by atoms with E-state index in [0.29, 0.717) is 31.1 Å². The third-order valence-electron chi connectivity index (χ3n) is 3.77. The van der Waals surface area contributed by atoms with Crippen molar-refractivity contribution < 1.29 is 8.42 Å². The van der Waals surface area contributed by atoms with Crippen LogP contribution in [0.2, 0.25) is 0 Å². The number of nitrogens with two attached hydrogens (primary N) is 1. The topological polar surface area (TPSA) is 87.2 Å². The highest BCUT2D eigenvalue weighted by Crippen LogP contribution is 2.25. The lowest BCUT2D eigenvalue weighted by Gasteiger charge is -2.31. The highest BCUT2D eigenvalue weighted by Gasteiger charge is 2.28. The molecule has 1 fully saturated rings. The molecule has 5 nitrogen and oxygen atoms in total. The Kier molecular flexibility index (Phi) is 4.76. The van der Waals surface area contributed by atoms with Gasteiger partial charge in [0.15, 0.2) is 0 Å². The number of benzene rings is 1. The van der Waals surface area contributed by atoms with Gasteiger partial charge < -0.3 is 5.73 Å². The summed E-state index contributed by atoms with van der Waals surface area (Å²) in [5.74, 6) is 0.535. The molecule has 1 saturated heterocycles. The van der Waals surface area contributed by atoms with Gasteiger partial charge in [-0.15, -0.1) is 0 Å². The highest BCUT2D eigenvalue weighted by atomic mass is 32.2. The van der Waals surface area contributed by atoms with Crippen LogP contribution in [0.4, 0.5) is 0 Å². The van der Waals surface area contributed by atoms with Crippen molar-refractivity contribution in [3.05, 3.63) is 29.8 Å². The van der Waals surface area contributed by atoms with Crippen molar-refractivity contribution in [1.29, 1.82) is 5.26 Å². The number of nitriles is 1. The van der Waals surface area contributed by atoms with Crippen molar-refractivity contribution in [2.75, 3.05) is 19.6 Å². The fourth-order valence-corrected chi connectivity index (χ4v) is 3.99. The van der Waals surface area contributed by atoms with Gasteiger partial charge in [0.2, 0.25) is 10.0 Å². The number of rotatable bonds is 4. The molecule has 2 N–H and O–H groups in total. The average molecular weight is 293 g/mol. The fourth-order valence-electron chi connectivity index (χ4n) is 2.52. The molecule has 0 atom stereocenters. The van der Waals surface area contributed by atoms with Crippen LogP contribution in [0.15, 0.2) is 29.2 Å². The molecule has 0 aromatic heterocycles. The average Bonchev–Trinajstić information content (AvgIpc) is 2.48. The third kappa shape index (κ3) is 3.18. The third-order valence-corrected chi connectivity index (χ3v) is 5.68. The molecule has 108 valence electrons. The largest absolute Gasteiger partial charge is 0.330 e. The Hall–Kier alpha value is -1.42. The Morgan fingerprint density at radius 3 is 2.35 bits per heavy atom. The van der Waals surface area contributed by atoms with E-state index >= 15 is 0 Å². The van der Waals surface area contributed by atoms with Crippen molar-refractivity contribution in [3.63, 3.8) is 0 Å². The van der Waals surface area contributed by atoms with Crippen LogP contribution >= 0.6 is 0 Å². The van der Waals surface area contributed by atoms with Crippen molar-refractivity contribution in [2.45, 2.75) is 24.2 Å². The summed E-state index contributed by atoms with van der Waals surface area (Å²) in [4.78, 5) is 0.258. The minimum atomic E-state index is -3.43. The molecule has 1 aliphatic rings. The zero-order valence-electron chi connectivity index (χ0n) is 11.3. The van der Waals surface area contributed by atoms with Crippen LogP contribution in [0.25, 0.3) is 0 Å². The van der Waals surface area contributed by atoms with Gasteiger partial charge in [0.05, 0.1) is 16.5 Å². The Labute approximate surface area is 120 Å². The van der Waals surface area contributed by atoms with Crippen LogP contribution in [0.1, 0.15) is 24.8 Å². The van der Waals surface area contributed by atoms with Gasteiger partial charge >= 0.3 is 0 Å². The van der Waals surface area contributed by atoms with Crippen LogP contribution in [0.5, 0.6) is 0 Å². The van der Waals surface area contributed by atoms with E-state index in [1.165, 1.54) is 28.6 Å². The number of sulfonamides is 1. The zero-order valence-corrected chi connectivity index (χ0v) is 12.1. The Morgan fingerprint density at radius 1 is 1.25 bits per heavy atom. The summed E-state index contributed by atoms with van der Waals surface area (Å²) >= 11 is 0. The summed E-state index contributed by atoms with van der Waals surface area (Å²) in [7, 11) is -3.43. The number of nitrogens with zero attached hydrogens (tertiary/aromatic N) is 2. The first-order valence-electron chi connectivity index (χ1n) is 6.78. The zero-order chi connectivity index (χ0) is 14.6. The van der Waals surface area contributed by atoms with E-state index in [2.05, 4.69) is 0 Å². The Morgan fingerprint density at radius 2 is 1.85 bits per heavy atom. The van der Waals surface area contributed by atoms with Gasteiger partial charge in [0.1, 0.15) is 0 Å². The molecule has 1 aliphatic heterocycles. The molecule has 0 spiro atoms. The molecule has 1 aromatic carbocycles. The number of hydrogen-bond acceptors (Lipinski definition) is 4. The molecule has 0 unspecified atom stereocenters. The minimum absolute atomic E-state index is 0.258. The normalized spacial score (nSPS) is 17.8. The molecule has 0 amide bonds. The van der Waals surface area contributed by atoms with Crippen molar-refractivity contribution in [2.24, 2.45) is 11.7 Å². The summed E-state index contributed by atoms with van der Waals surface area (Å²) in [5.41, 5.74) is 6.00. The molecule has 1 aromatic rings. The minimum Gasteiger partial charge on any atom is -0.330 e. The van der Waals surface area contributed by atoms with E-state index in [4.69, 9.17) is 11.0 Å². The molecule has 20 heavy (non-hydrogen) atoms. The van der Waals surface area contributed by atoms with E-state index in [9.17, 15) is 8.42 Å². The lowest BCUT2D eigenvalue weighted by molar-refractivity contribution is 0.266. The predicted molar refractivity (Wildman–Crippen MR) is 76.3 cm³/mol. The lowest BCUT2D eigenvalue weighted by Crippen LogP contribution is -2.38. The van der Waals surface area contributed by atoms with Crippen LogP contribution in [0, 0.1) is 17.2 Å². The molecule has 0 saturated carbocycles. The van der Waals surface area contributed by atoms with E-state index in [1.54, 1.807) is 0 Å². The Balaban J connectivity index is 2.09. The highest BCUT2D eigenvalue weighted by molar-refractivity contribution is 7.89. The quantitative estimate of drug-likeness (QED) is 0.906. The monoisotopic (exact) mass is 293 g/mol. The maximum Gasteiger partial charge on any atom is 0.243 e. The molecule has 6 heteroatoms. The summed E-state index contributed by atoms with van der Waals surface area (Å²) in [6.45, 7) is 1.76. The molecule has 0 bridgehead atoms. The van der Waals surface area contributed by atoms with E-state index in [-0.39, 0.29) is 4.90 Å².